The Kier molecular flexibility index (Phi) is 3.60. The van der Waals surface area contributed by atoms with Gasteiger partial charge in [-0.25, -0.2) is 0 Å². The molecule has 110 valence electrons. The number of benzene rings is 1. The quantitative estimate of drug-likeness (QED) is 0.784. The van der Waals surface area contributed by atoms with Crippen LogP contribution in [0.25, 0.3) is 10.9 Å². The first-order valence-electron chi connectivity index (χ1n) is 7.17. The molecule has 0 bridgehead atoms. The summed E-state index contributed by atoms with van der Waals surface area (Å²) in [7, 11) is 0. The lowest BCUT2D eigenvalue weighted by Crippen LogP contribution is -2.44. The minimum atomic E-state index is -0.581. The van der Waals surface area contributed by atoms with E-state index >= 15 is 0 Å². The minimum absolute atomic E-state index is 0.453. The molecule has 1 aromatic carbocycles. The van der Waals surface area contributed by atoms with Crippen LogP contribution in [0.2, 0.25) is 0 Å². The highest BCUT2D eigenvalue weighted by Crippen LogP contribution is 2.18. The number of piperidine rings is 1. The number of likely N-dealkylation sites (tertiary alicyclic amines) is 1. The van der Waals surface area contributed by atoms with Crippen molar-refractivity contribution in [2.24, 2.45) is 5.92 Å². The van der Waals surface area contributed by atoms with Crippen LogP contribution in [0.4, 0.5) is 5.69 Å². The Morgan fingerprint density at radius 1 is 1.43 bits per heavy atom. The van der Waals surface area contributed by atoms with Crippen LogP contribution >= 0.6 is 0 Å². The molecule has 0 spiro atoms. The van der Waals surface area contributed by atoms with Crippen molar-refractivity contribution in [3.63, 3.8) is 0 Å². The molecule has 1 aliphatic heterocycles. The third-order valence-electron chi connectivity index (χ3n) is 3.84. The van der Waals surface area contributed by atoms with E-state index < -0.39 is 11.8 Å². The van der Waals surface area contributed by atoms with Crippen LogP contribution in [0.15, 0.2) is 24.4 Å². The van der Waals surface area contributed by atoms with Gasteiger partial charge < -0.3 is 10.2 Å². The van der Waals surface area contributed by atoms with E-state index in [4.69, 9.17) is 0 Å². The summed E-state index contributed by atoms with van der Waals surface area (Å²) in [5.41, 5.74) is 1.42. The second kappa shape index (κ2) is 5.55. The molecule has 2 heterocycles. The summed E-state index contributed by atoms with van der Waals surface area (Å²) in [5.74, 6) is -0.578. The van der Waals surface area contributed by atoms with E-state index in [0.29, 0.717) is 24.7 Å². The number of hydrogen-bond donors (Lipinski definition) is 2. The predicted molar refractivity (Wildman–Crippen MR) is 79.7 cm³/mol. The van der Waals surface area contributed by atoms with E-state index in [0.717, 1.165) is 23.7 Å². The average Bonchev–Trinajstić information content (AvgIpc) is 2.94. The SMILES string of the molecule is CC1CCCN(C(=O)C(=O)Nc2ccc3cn[nH]c3c2)C1. The highest BCUT2D eigenvalue weighted by atomic mass is 16.2. The summed E-state index contributed by atoms with van der Waals surface area (Å²) in [4.78, 5) is 25.9. The number of amides is 2. The molecule has 21 heavy (non-hydrogen) atoms. The van der Waals surface area contributed by atoms with Crippen molar-refractivity contribution >= 4 is 28.4 Å². The molecule has 0 radical (unpaired) electrons. The lowest BCUT2D eigenvalue weighted by atomic mass is 10.0. The van der Waals surface area contributed by atoms with E-state index in [1.807, 2.05) is 6.07 Å². The Labute approximate surface area is 122 Å². The van der Waals surface area contributed by atoms with Crippen molar-refractivity contribution in [3.05, 3.63) is 24.4 Å². The second-order valence-electron chi connectivity index (χ2n) is 5.62. The molecule has 2 aromatic rings. The molecule has 0 aliphatic carbocycles. The van der Waals surface area contributed by atoms with Crippen LogP contribution in [-0.4, -0.2) is 40.0 Å². The maximum atomic E-state index is 12.2. The number of nitrogens with one attached hydrogen (secondary N) is 2. The molecule has 0 saturated carbocycles. The topological polar surface area (TPSA) is 78.1 Å². The Morgan fingerprint density at radius 2 is 2.29 bits per heavy atom. The number of fused-ring (bicyclic) bond motifs is 1. The van der Waals surface area contributed by atoms with Gasteiger partial charge in [0.05, 0.1) is 11.7 Å². The van der Waals surface area contributed by atoms with Gasteiger partial charge in [0.2, 0.25) is 0 Å². The van der Waals surface area contributed by atoms with Gasteiger partial charge >= 0.3 is 11.8 Å². The first-order chi connectivity index (χ1) is 10.1. The van der Waals surface area contributed by atoms with Gasteiger partial charge in [0, 0.05) is 24.2 Å². The van der Waals surface area contributed by atoms with Crippen LogP contribution < -0.4 is 5.32 Å². The Morgan fingerprint density at radius 3 is 3.10 bits per heavy atom. The molecule has 1 aromatic heterocycles. The van der Waals surface area contributed by atoms with Crippen molar-refractivity contribution in [3.8, 4) is 0 Å². The molecule has 1 aliphatic rings. The van der Waals surface area contributed by atoms with Gasteiger partial charge in [0.1, 0.15) is 0 Å². The predicted octanol–water partition coefficient (Wildman–Crippen LogP) is 1.76. The molecule has 3 rings (SSSR count). The Bertz CT molecular complexity index is 679. The smallest absolute Gasteiger partial charge is 0.313 e. The maximum absolute atomic E-state index is 12.2. The Hall–Kier alpha value is -2.37. The van der Waals surface area contributed by atoms with Crippen molar-refractivity contribution in [2.75, 3.05) is 18.4 Å². The molecule has 1 unspecified atom stereocenters. The van der Waals surface area contributed by atoms with Crippen molar-refractivity contribution in [1.82, 2.24) is 15.1 Å². The van der Waals surface area contributed by atoms with Crippen LogP contribution in [0.1, 0.15) is 19.8 Å². The van der Waals surface area contributed by atoms with E-state index in [1.165, 1.54) is 0 Å². The number of aromatic amines is 1. The zero-order chi connectivity index (χ0) is 14.8. The average molecular weight is 286 g/mol. The van der Waals surface area contributed by atoms with Crippen LogP contribution in [0, 0.1) is 5.92 Å². The third kappa shape index (κ3) is 2.89. The van der Waals surface area contributed by atoms with Gasteiger partial charge in [-0.2, -0.15) is 5.10 Å². The lowest BCUT2D eigenvalue weighted by molar-refractivity contribution is -0.144. The van der Waals surface area contributed by atoms with Crippen molar-refractivity contribution < 1.29 is 9.59 Å². The summed E-state index contributed by atoms with van der Waals surface area (Å²) in [6.45, 7) is 3.42. The summed E-state index contributed by atoms with van der Waals surface area (Å²) in [5, 5.41) is 10.4. The molecule has 6 heteroatoms. The highest BCUT2D eigenvalue weighted by Gasteiger charge is 2.26. The standard InChI is InChI=1S/C15H18N4O2/c1-10-3-2-6-19(9-10)15(21)14(20)17-12-5-4-11-8-16-18-13(11)7-12/h4-5,7-8,10H,2-3,6,9H2,1H3,(H,16,18)(H,17,20). The molecule has 1 fully saturated rings. The molecule has 2 amide bonds. The van der Waals surface area contributed by atoms with Gasteiger partial charge in [0.15, 0.2) is 0 Å². The highest BCUT2D eigenvalue weighted by molar-refractivity contribution is 6.39. The number of nitrogens with zero attached hydrogens (tertiary/aromatic N) is 2. The number of hydrogen-bond acceptors (Lipinski definition) is 3. The number of carbonyl (C=O) groups excluding carboxylic acids is 2. The minimum Gasteiger partial charge on any atom is -0.334 e. The van der Waals surface area contributed by atoms with Crippen LogP contribution in [0.5, 0.6) is 0 Å². The molecule has 1 saturated heterocycles. The summed E-state index contributed by atoms with van der Waals surface area (Å²) >= 11 is 0. The normalized spacial score (nSPS) is 18.7. The van der Waals surface area contributed by atoms with Crippen LogP contribution in [0.3, 0.4) is 0 Å². The van der Waals surface area contributed by atoms with Gasteiger partial charge in [-0.1, -0.05) is 6.92 Å². The summed E-state index contributed by atoms with van der Waals surface area (Å²) < 4.78 is 0. The van der Waals surface area contributed by atoms with E-state index in [-0.39, 0.29) is 0 Å². The fraction of sp³-hybridized carbons (Fsp3) is 0.400. The van der Waals surface area contributed by atoms with Gasteiger partial charge in [0.25, 0.3) is 0 Å². The second-order valence-corrected chi connectivity index (χ2v) is 5.62. The summed E-state index contributed by atoms with van der Waals surface area (Å²) in [6.07, 6.45) is 3.78. The largest absolute Gasteiger partial charge is 0.334 e. The van der Waals surface area contributed by atoms with Gasteiger partial charge in [-0.15, -0.1) is 0 Å². The van der Waals surface area contributed by atoms with E-state index in [9.17, 15) is 9.59 Å². The lowest BCUT2D eigenvalue weighted by Gasteiger charge is -2.30. The van der Waals surface area contributed by atoms with Crippen molar-refractivity contribution in [1.29, 1.82) is 0 Å². The first-order valence-corrected chi connectivity index (χ1v) is 7.17. The Balaban J connectivity index is 1.68. The van der Waals surface area contributed by atoms with E-state index in [1.54, 1.807) is 23.2 Å². The van der Waals surface area contributed by atoms with E-state index in [2.05, 4.69) is 22.4 Å². The molecule has 2 N–H and O–H groups in total. The molecular formula is C15H18N4O2. The maximum Gasteiger partial charge on any atom is 0.313 e. The fourth-order valence-electron chi connectivity index (χ4n) is 2.72. The first kappa shape index (κ1) is 13.6. The van der Waals surface area contributed by atoms with Crippen LogP contribution in [-0.2, 0) is 9.59 Å². The molecule has 1 atom stereocenters. The number of anilines is 1. The molecule has 6 nitrogen and oxygen atoms in total. The fourth-order valence-corrected chi connectivity index (χ4v) is 2.72. The van der Waals surface area contributed by atoms with Crippen molar-refractivity contribution in [2.45, 2.75) is 19.8 Å². The number of rotatable bonds is 1. The monoisotopic (exact) mass is 286 g/mol. The number of H-pyrrole nitrogens is 1. The summed E-state index contributed by atoms with van der Waals surface area (Å²) in [6, 6.07) is 5.39. The molecular weight excluding hydrogens is 268 g/mol. The van der Waals surface area contributed by atoms with Gasteiger partial charge in [-0.05, 0) is 37.0 Å². The number of aromatic nitrogens is 2. The van der Waals surface area contributed by atoms with Gasteiger partial charge in [-0.3, -0.25) is 14.7 Å². The zero-order valence-electron chi connectivity index (χ0n) is 11.9. The number of carbonyl (C=O) groups is 2. The third-order valence-corrected chi connectivity index (χ3v) is 3.84. The zero-order valence-corrected chi connectivity index (χ0v) is 11.9.